The van der Waals surface area contributed by atoms with E-state index in [1.165, 1.54) is 11.8 Å². The smallest absolute Gasteiger partial charge is 0.264 e. The predicted octanol–water partition coefficient (Wildman–Crippen LogP) is 2.80. The summed E-state index contributed by atoms with van der Waals surface area (Å²) in [6.45, 7) is 3.71. The number of hydrogen-bond acceptors (Lipinski definition) is 4. The molecule has 2 N–H and O–H groups in total. The molecule has 37 heavy (non-hydrogen) atoms. The van der Waals surface area contributed by atoms with Crippen LogP contribution < -0.4 is 5.32 Å². The van der Waals surface area contributed by atoms with E-state index in [1.54, 1.807) is 28.0 Å². The molecule has 0 bridgehead atoms. The molecule has 188 valence electrons. The predicted molar refractivity (Wildman–Crippen MR) is 140 cm³/mol. The highest BCUT2D eigenvalue weighted by Crippen LogP contribution is 2.36. The van der Waals surface area contributed by atoms with E-state index < -0.39 is 5.54 Å². The monoisotopic (exact) mass is 495 g/mol. The Balaban J connectivity index is 1.39. The van der Waals surface area contributed by atoms with Gasteiger partial charge in [-0.05, 0) is 28.8 Å². The van der Waals surface area contributed by atoms with E-state index in [1.807, 2.05) is 66.7 Å². The van der Waals surface area contributed by atoms with Crippen LogP contribution in [-0.4, -0.2) is 64.6 Å². The Bertz CT molecular complexity index is 1290. The van der Waals surface area contributed by atoms with Gasteiger partial charge < -0.3 is 15.1 Å². The number of benzene rings is 3. The van der Waals surface area contributed by atoms with Crippen molar-refractivity contribution in [1.29, 1.82) is 5.41 Å². The molecule has 0 radical (unpaired) electrons. The van der Waals surface area contributed by atoms with Crippen LogP contribution in [0.25, 0.3) is 0 Å². The van der Waals surface area contributed by atoms with Crippen LogP contribution in [0, 0.1) is 5.41 Å². The second-order valence-electron chi connectivity index (χ2n) is 9.35. The van der Waals surface area contributed by atoms with Gasteiger partial charge in [0, 0.05) is 38.7 Å². The van der Waals surface area contributed by atoms with E-state index in [0.29, 0.717) is 31.7 Å². The maximum Gasteiger partial charge on any atom is 0.264 e. The lowest BCUT2D eigenvalue weighted by molar-refractivity contribution is -0.131. The van der Waals surface area contributed by atoms with Gasteiger partial charge in [0.1, 0.15) is 0 Å². The quantitative estimate of drug-likeness (QED) is 0.569. The first-order valence-electron chi connectivity index (χ1n) is 12.3. The van der Waals surface area contributed by atoms with Crippen molar-refractivity contribution in [3.8, 4) is 0 Å². The van der Waals surface area contributed by atoms with Gasteiger partial charge in [-0.1, -0.05) is 72.8 Å². The van der Waals surface area contributed by atoms with E-state index in [4.69, 9.17) is 5.41 Å². The molecule has 3 aromatic carbocycles. The molecule has 0 aromatic heterocycles. The second-order valence-corrected chi connectivity index (χ2v) is 9.35. The van der Waals surface area contributed by atoms with Gasteiger partial charge in [-0.3, -0.25) is 24.7 Å². The van der Waals surface area contributed by atoms with Crippen molar-refractivity contribution < 1.29 is 14.4 Å². The van der Waals surface area contributed by atoms with E-state index >= 15 is 0 Å². The van der Waals surface area contributed by atoms with Crippen LogP contribution in [0.2, 0.25) is 0 Å². The van der Waals surface area contributed by atoms with Crippen LogP contribution in [0.15, 0.2) is 84.9 Å². The molecule has 0 aliphatic carbocycles. The summed E-state index contributed by atoms with van der Waals surface area (Å²) >= 11 is 0. The highest BCUT2D eigenvalue weighted by atomic mass is 16.2. The standard InChI is InChI=1S/C29H29N5O3/c1-21(35)32-15-17-33(18-16-32)26(36)23-10-8-9-22(19-23)20-34-27(37)29(31-28(34)30,24-11-4-2-5-12-24)25-13-6-3-7-14-25/h2-14,19H,15-18,20H2,1H3,(H2,30,31). The van der Waals surface area contributed by atoms with Gasteiger partial charge in [0.2, 0.25) is 5.91 Å². The molecule has 0 saturated carbocycles. The zero-order valence-electron chi connectivity index (χ0n) is 20.7. The maximum atomic E-state index is 14.0. The number of rotatable bonds is 5. The molecule has 2 fully saturated rings. The molecule has 3 amide bonds. The van der Waals surface area contributed by atoms with Crippen LogP contribution in [-0.2, 0) is 21.7 Å². The average molecular weight is 496 g/mol. The molecule has 0 unspecified atom stereocenters. The third-order valence-electron chi connectivity index (χ3n) is 7.08. The number of nitrogens with one attached hydrogen (secondary N) is 2. The topological polar surface area (TPSA) is 96.8 Å². The average Bonchev–Trinajstić information content (AvgIpc) is 3.19. The first-order chi connectivity index (χ1) is 17.9. The minimum atomic E-state index is -1.20. The summed E-state index contributed by atoms with van der Waals surface area (Å²) in [6.07, 6.45) is 0. The van der Waals surface area contributed by atoms with E-state index in [-0.39, 0.29) is 30.2 Å². The fourth-order valence-electron chi connectivity index (χ4n) is 5.08. The summed E-state index contributed by atoms with van der Waals surface area (Å²) in [6, 6.07) is 26.1. The van der Waals surface area contributed by atoms with E-state index in [9.17, 15) is 14.4 Å². The summed E-state index contributed by atoms with van der Waals surface area (Å²) in [5.74, 6) is -0.321. The molecular formula is C29H29N5O3. The van der Waals surface area contributed by atoms with Crippen molar-refractivity contribution in [1.82, 2.24) is 20.0 Å². The lowest BCUT2D eigenvalue weighted by Gasteiger charge is -2.34. The van der Waals surface area contributed by atoms with Crippen LogP contribution in [0.3, 0.4) is 0 Å². The van der Waals surface area contributed by atoms with Crippen molar-refractivity contribution in [2.45, 2.75) is 19.0 Å². The highest BCUT2D eigenvalue weighted by molar-refractivity contribution is 6.10. The summed E-state index contributed by atoms with van der Waals surface area (Å²) in [5, 5.41) is 11.9. The molecule has 2 aliphatic rings. The molecule has 0 atom stereocenters. The summed E-state index contributed by atoms with van der Waals surface area (Å²) in [7, 11) is 0. The van der Waals surface area contributed by atoms with Crippen molar-refractivity contribution in [2.24, 2.45) is 0 Å². The number of piperazine rings is 1. The van der Waals surface area contributed by atoms with Crippen LogP contribution in [0.4, 0.5) is 0 Å². The van der Waals surface area contributed by atoms with Gasteiger partial charge in [0.25, 0.3) is 11.8 Å². The lowest BCUT2D eigenvalue weighted by Crippen LogP contribution is -2.50. The van der Waals surface area contributed by atoms with Crippen LogP contribution in [0.1, 0.15) is 34.0 Å². The number of guanidine groups is 1. The fraction of sp³-hybridized carbons (Fsp3) is 0.241. The van der Waals surface area contributed by atoms with Crippen molar-refractivity contribution >= 4 is 23.7 Å². The van der Waals surface area contributed by atoms with Gasteiger partial charge in [-0.15, -0.1) is 0 Å². The Labute approximate surface area is 216 Å². The number of hydrogen-bond donors (Lipinski definition) is 2. The zero-order chi connectivity index (χ0) is 26.0. The van der Waals surface area contributed by atoms with Crippen molar-refractivity contribution in [3.63, 3.8) is 0 Å². The molecule has 2 heterocycles. The van der Waals surface area contributed by atoms with Crippen LogP contribution >= 0.6 is 0 Å². The Kier molecular flexibility index (Phi) is 6.48. The molecule has 0 spiro atoms. The molecule has 5 rings (SSSR count). The van der Waals surface area contributed by atoms with Gasteiger partial charge in [-0.25, -0.2) is 0 Å². The first-order valence-corrected chi connectivity index (χ1v) is 12.3. The number of carbonyl (C=O) groups is 3. The zero-order valence-corrected chi connectivity index (χ0v) is 20.7. The van der Waals surface area contributed by atoms with Gasteiger partial charge in [0.05, 0.1) is 6.54 Å². The third kappa shape index (κ3) is 4.46. The van der Waals surface area contributed by atoms with Gasteiger partial charge in [0.15, 0.2) is 11.5 Å². The van der Waals surface area contributed by atoms with E-state index in [0.717, 1.165) is 16.7 Å². The third-order valence-corrected chi connectivity index (χ3v) is 7.08. The Hall–Kier alpha value is -4.46. The second kappa shape index (κ2) is 9.89. The largest absolute Gasteiger partial charge is 0.339 e. The number of carbonyl (C=O) groups excluding carboxylic acids is 3. The van der Waals surface area contributed by atoms with Crippen LogP contribution in [0.5, 0.6) is 0 Å². The summed E-state index contributed by atoms with van der Waals surface area (Å²) < 4.78 is 0. The molecule has 2 saturated heterocycles. The molecule has 3 aromatic rings. The fourth-order valence-corrected chi connectivity index (χ4v) is 5.08. The molecule has 2 aliphatic heterocycles. The SMILES string of the molecule is CC(=O)N1CCN(C(=O)c2cccc(CN3C(=N)NC(c4ccccc4)(c4ccccc4)C3=O)c2)CC1. The summed E-state index contributed by atoms with van der Waals surface area (Å²) in [5.41, 5.74) is 1.59. The first kappa shape index (κ1) is 24.2. The van der Waals surface area contributed by atoms with Crippen molar-refractivity contribution in [2.75, 3.05) is 26.2 Å². The minimum Gasteiger partial charge on any atom is -0.339 e. The molecule has 8 heteroatoms. The minimum absolute atomic E-state index is 0.00907. The maximum absolute atomic E-state index is 14.0. The number of nitrogens with zero attached hydrogens (tertiary/aromatic N) is 3. The normalized spacial score (nSPS) is 17.1. The number of amides is 3. The van der Waals surface area contributed by atoms with E-state index in [2.05, 4.69) is 5.32 Å². The Morgan fingerprint density at radius 2 is 1.41 bits per heavy atom. The molecule has 8 nitrogen and oxygen atoms in total. The lowest BCUT2D eigenvalue weighted by atomic mass is 9.82. The Morgan fingerprint density at radius 3 is 1.97 bits per heavy atom. The van der Waals surface area contributed by atoms with Gasteiger partial charge in [-0.2, -0.15) is 0 Å². The Morgan fingerprint density at radius 1 is 0.838 bits per heavy atom. The summed E-state index contributed by atoms with van der Waals surface area (Å²) in [4.78, 5) is 43.7. The van der Waals surface area contributed by atoms with Crippen molar-refractivity contribution in [3.05, 3.63) is 107 Å². The van der Waals surface area contributed by atoms with Gasteiger partial charge >= 0.3 is 0 Å². The highest BCUT2D eigenvalue weighted by Gasteiger charge is 2.52. The molecular weight excluding hydrogens is 466 g/mol.